The molecule has 3 nitrogen and oxygen atoms in total. The molecule has 1 saturated heterocycles. The van der Waals surface area contributed by atoms with Crippen LogP contribution in [0.2, 0.25) is 0 Å². The average molecular weight is 622 g/mol. The Balaban J connectivity index is 1.43. The summed E-state index contributed by atoms with van der Waals surface area (Å²) in [4.78, 5) is 0. The van der Waals surface area contributed by atoms with E-state index >= 15 is 0 Å². The van der Waals surface area contributed by atoms with Crippen LogP contribution in [0.5, 0.6) is 0 Å². The molecule has 48 heavy (non-hydrogen) atoms. The minimum absolute atomic E-state index is 0.453. The number of fused-ring (bicyclic) bond motifs is 7. The number of nitrogens with zero attached hydrogens (tertiary/aromatic N) is 1. The van der Waals surface area contributed by atoms with Crippen LogP contribution in [0.25, 0.3) is 71.3 Å². The third-order valence-electron chi connectivity index (χ3n) is 10.6. The van der Waals surface area contributed by atoms with Crippen molar-refractivity contribution in [2.24, 2.45) is 0 Å². The van der Waals surface area contributed by atoms with Crippen molar-refractivity contribution in [2.45, 2.75) is 38.9 Å². The zero-order valence-corrected chi connectivity index (χ0v) is 27.7. The maximum absolute atomic E-state index is 6.72. The van der Waals surface area contributed by atoms with E-state index < -0.39 is 18.3 Å². The largest absolute Gasteiger partial charge is 0.495 e. The first-order valence-electron chi connectivity index (χ1n) is 16.8. The molecule has 8 aromatic rings. The molecule has 0 aliphatic carbocycles. The fourth-order valence-corrected chi connectivity index (χ4v) is 7.44. The molecule has 0 saturated carbocycles. The highest BCUT2D eigenvalue weighted by Gasteiger charge is 2.52. The van der Waals surface area contributed by atoms with Gasteiger partial charge in [0.15, 0.2) is 0 Å². The lowest BCUT2D eigenvalue weighted by Crippen LogP contribution is -2.41. The van der Waals surface area contributed by atoms with Gasteiger partial charge in [-0.3, -0.25) is 0 Å². The van der Waals surface area contributed by atoms with Gasteiger partial charge in [0, 0.05) is 16.5 Å². The van der Waals surface area contributed by atoms with Crippen LogP contribution in [0.1, 0.15) is 27.7 Å². The van der Waals surface area contributed by atoms with Crippen LogP contribution in [0.15, 0.2) is 146 Å². The number of hydrogen-bond donors (Lipinski definition) is 0. The fraction of sp³-hybridized carbons (Fsp3) is 0.136. The summed E-state index contributed by atoms with van der Waals surface area (Å²) in [5.41, 5.74) is 8.28. The smallest absolute Gasteiger partial charge is 0.399 e. The van der Waals surface area contributed by atoms with Gasteiger partial charge in [0.25, 0.3) is 0 Å². The van der Waals surface area contributed by atoms with Crippen molar-refractivity contribution in [1.82, 2.24) is 4.57 Å². The van der Waals surface area contributed by atoms with E-state index in [1.807, 2.05) is 0 Å². The highest BCUT2D eigenvalue weighted by molar-refractivity contribution is 6.66. The Morgan fingerprint density at radius 2 is 0.979 bits per heavy atom. The van der Waals surface area contributed by atoms with Crippen LogP contribution in [-0.4, -0.2) is 22.9 Å². The Hall–Kier alpha value is -5.16. The minimum atomic E-state index is -0.497. The number of hydrogen-bond acceptors (Lipinski definition) is 2. The second kappa shape index (κ2) is 10.7. The van der Waals surface area contributed by atoms with Gasteiger partial charge in [-0.15, -0.1) is 0 Å². The summed E-state index contributed by atoms with van der Waals surface area (Å²) in [7, 11) is -0.497. The van der Waals surface area contributed by atoms with Gasteiger partial charge in [-0.05, 0) is 107 Å². The SMILES string of the molecule is CC1(C)OB(c2cc3c(c4ccccc24)c2c4ccccc4ccc2n3-c2cc(-c3ccccc3)cc(-c3ccccc3)c2)OC1(C)C. The summed E-state index contributed by atoms with van der Waals surface area (Å²) in [5.74, 6) is 0. The van der Waals surface area contributed by atoms with Crippen molar-refractivity contribution in [3.63, 3.8) is 0 Å². The molecule has 0 atom stereocenters. The molecule has 0 bridgehead atoms. The van der Waals surface area contributed by atoms with E-state index in [1.54, 1.807) is 0 Å². The van der Waals surface area contributed by atoms with E-state index in [0.29, 0.717) is 0 Å². The molecule has 9 rings (SSSR count). The molecular formula is C44H36BNO2. The first-order valence-corrected chi connectivity index (χ1v) is 16.8. The second-order valence-electron chi connectivity index (χ2n) is 14.0. The molecule has 0 radical (unpaired) electrons. The molecule has 1 aromatic heterocycles. The number of rotatable bonds is 4. The molecule has 0 unspecified atom stereocenters. The molecular weight excluding hydrogens is 585 g/mol. The monoisotopic (exact) mass is 621 g/mol. The molecule has 7 aromatic carbocycles. The van der Waals surface area contributed by atoms with Gasteiger partial charge in [-0.25, -0.2) is 0 Å². The van der Waals surface area contributed by atoms with E-state index in [4.69, 9.17) is 9.31 Å². The molecule has 1 aliphatic heterocycles. The maximum atomic E-state index is 6.72. The van der Waals surface area contributed by atoms with Crippen LogP contribution >= 0.6 is 0 Å². The average Bonchev–Trinajstić information content (AvgIpc) is 3.57. The number of benzene rings is 7. The quantitative estimate of drug-likeness (QED) is 0.183. The Morgan fingerprint density at radius 3 is 1.60 bits per heavy atom. The standard InChI is InChI=1S/C44H36BNO2/c1-43(2)44(3,4)48-45(47-43)38-28-40-42(37-22-14-13-21-36(37)38)41-35-20-12-11-19-31(35)23-24-39(41)46(40)34-26-32(29-15-7-5-8-16-29)25-33(27-34)30-17-9-6-10-18-30/h5-28H,1-4H3. The summed E-state index contributed by atoms with van der Waals surface area (Å²) in [5, 5.41) is 7.32. The number of aromatic nitrogens is 1. The van der Waals surface area contributed by atoms with Crippen molar-refractivity contribution in [3.05, 3.63) is 146 Å². The predicted octanol–water partition coefficient (Wildman–Crippen LogP) is 10.7. The molecule has 2 heterocycles. The zero-order chi connectivity index (χ0) is 32.6. The van der Waals surface area contributed by atoms with Crippen LogP contribution in [0.3, 0.4) is 0 Å². The lowest BCUT2D eigenvalue weighted by Gasteiger charge is -2.32. The van der Waals surface area contributed by atoms with Gasteiger partial charge in [-0.2, -0.15) is 0 Å². The first-order chi connectivity index (χ1) is 23.3. The molecule has 0 spiro atoms. The molecule has 232 valence electrons. The summed E-state index contributed by atoms with van der Waals surface area (Å²) < 4.78 is 15.9. The van der Waals surface area contributed by atoms with E-state index in [-0.39, 0.29) is 0 Å². The zero-order valence-electron chi connectivity index (χ0n) is 27.7. The van der Waals surface area contributed by atoms with Gasteiger partial charge in [0.05, 0.1) is 22.2 Å². The van der Waals surface area contributed by atoms with E-state index in [1.165, 1.54) is 54.7 Å². The Labute approximate surface area is 281 Å². The highest BCUT2D eigenvalue weighted by Crippen LogP contribution is 2.43. The third kappa shape index (κ3) is 4.44. The minimum Gasteiger partial charge on any atom is -0.399 e. The Bertz CT molecular complexity index is 2440. The van der Waals surface area contributed by atoms with Crippen molar-refractivity contribution >= 4 is 55.9 Å². The third-order valence-corrected chi connectivity index (χ3v) is 10.6. The summed E-state index contributed by atoms with van der Waals surface area (Å²) in [6, 6.07) is 52.7. The van der Waals surface area contributed by atoms with E-state index in [2.05, 4.69) is 178 Å². The lowest BCUT2D eigenvalue weighted by atomic mass is 9.75. The van der Waals surface area contributed by atoms with Gasteiger partial charge < -0.3 is 13.9 Å². The van der Waals surface area contributed by atoms with Crippen LogP contribution in [-0.2, 0) is 9.31 Å². The summed E-state index contributed by atoms with van der Waals surface area (Å²) in [6.07, 6.45) is 0. The molecule has 1 fully saturated rings. The van der Waals surface area contributed by atoms with E-state index in [9.17, 15) is 0 Å². The Morgan fingerprint density at radius 1 is 0.458 bits per heavy atom. The van der Waals surface area contributed by atoms with Gasteiger partial charge >= 0.3 is 7.12 Å². The van der Waals surface area contributed by atoms with Crippen molar-refractivity contribution in [1.29, 1.82) is 0 Å². The van der Waals surface area contributed by atoms with Gasteiger partial charge in [-0.1, -0.05) is 115 Å². The molecule has 0 N–H and O–H groups in total. The maximum Gasteiger partial charge on any atom is 0.495 e. The van der Waals surface area contributed by atoms with Crippen LogP contribution in [0.4, 0.5) is 0 Å². The molecule has 1 aliphatic rings. The molecule has 0 amide bonds. The fourth-order valence-electron chi connectivity index (χ4n) is 7.44. The van der Waals surface area contributed by atoms with Crippen molar-refractivity contribution in [2.75, 3.05) is 0 Å². The molecule has 4 heteroatoms. The highest BCUT2D eigenvalue weighted by atomic mass is 16.7. The Kier molecular flexibility index (Phi) is 6.46. The van der Waals surface area contributed by atoms with Gasteiger partial charge in [0.2, 0.25) is 0 Å². The van der Waals surface area contributed by atoms with Crippen molar-refractivity contribution in [3.8, 4) is 27.9 Å². The van der Waals surface area contributed by atoms with Crippen molar-refractivity contribution < 1.29 is 9.31 Å². The normalized spacial score (nSPS) is 15.6. The van der Waals surface area contributed by atoms with E-state index in [0.717, 1.165) is 22.1 Å². The second-order valence-corrected chi connectivity index (χ2v) is 14.0. The topological polar surface area (TPSA) is 23.4 Å². The lowest BCUT2D eigenvalue weighted by molar-refractivity contribution is 0.00578. The van der Waals surface area contributed by atoms with Gasteiger partial charge in [0.1, 0.15) is 0 Å². The van der Waals surface area contributed by atoms with Crippen LogP contribution in [0, 0.1) is 0 Å². The summed E-state index contributed by atoms with van der Waals surface area (Å²) >= 11 is 0. The van der Waals surface area contributed by atoms with Crippen LogP contribution < -0.4 is 5.46 Å². The predicted molar refractivity (Wildman–Crippen MR) is 202 cm³/mol. The first kappa shape index (κ1) is 29.0. The summed E-state index contributed by atoms with van der Waals surface area (Å²) in [6.45, 7) is 8.49.